The minimum atomic E-state index is -1.33. The maximum Gasteiger partial charge on any atom is 0.326 e. The molecule has 1 atom stereocenters. The van der Waals surface area contributed by atoms with Gasteiger partial charge < -0.3 is 10.4 Å². The molecule has 0 fully saturated rings. The molecule has 120 valence electrons. The lowest BCUT2D eigenvalue weighted by Gasteiger charge is -2.15. The van der Waals surface area contributed by atoms with E-state index in [-0.39, 0.29) is 6.42 Å². The van der Waals surface area contributed by atoms with Crippen molar-refractivity contribution in [2.24, 2.45) is 0 Å². The molecule has 0 aromatic heterocycles. The average molecular weight is 340 g/mol. The van der Waals surface area contributed by atoms with Crippen molar-refractivity contribution in [2.75, 3.05) is 0 Å². The van der Waals surface area contributed by atoms with Crippen molar-refractivity contribution in [1.82, 2.24) is 5.32 Å². The van der Waals surface area contributed by atoms with Gasteiger partial charge in [0.15, 0.2) is 11.6 Å². The fourth-order valence-corrected chi connectivity index (χ4v) is 2.21. The van der Waals surface area contributed by atoms with Crippen LogP contribution >= 0.6 is 11.6 Å². The van der Waals surface area contributed by atoms with Gasteiger partial charge >= 0.3 is 5.97 Å². The fourth-order valence-electron chi connectivity index (χ4n) is 2.00. The molecule has 0 unspecified atom stereocenters. The van der Waals surface area contributed by atoms with Crippen LogP contribution in [0.15, 0.2) is 42.5 Å². The van der Waals surface area contributed by atoms with Crippen LogP contribution in [-0.2, 0) is 11.2 Å². The molecular formula is C16H12ClF2NO3. The Hall–Kier alpha value is -2.47. The molecule has 0 bridgehead atoms. The van der Waals surface area contributed by atoms with Gasteiger partial charge in [-0.3, -0.25) is 4.79 Å². The summed E-state index contributed by atoms with van der Waals surface area (Å²) in [4.78, 5) is 23.3. The summed E-state index contributed by atoms with van der Waals surface area (Å²) in [5, 5.41) is 11.7. The predicted octanol–water partition coefficient (Wildman–Crippen LogP) is 3.04. The van der Waals surface area contributed by atoms with E-state index in [0.717, 1.165) is 18.2 Å². The molecule has 0 aliphatic heterocycles. The summed E-state index contributed by atoms with van der Waals surface area (Å²) < 4.78 is 26.7. The molecule has 0 saturated carbocycles. The predicted molar refractivity (Wildman–Crippen MR) is 80.4 cm³/mol. The van der Waals surface area contributed by atoms with E-state index in [1.165, 1.54) is 0 Å². The summed E-state index contributed by atoms with van der Waals surface area (Å²) in [6.07, 6.45) is -0.0856. The van der Waals surface area contributed by atoms with Crippen LogP contribution in [0.1, 0.15) is 15.9 Å². The number of carboxylic acids is 1. The minimum Gasteiger partial charge on any atom is -0.480 e. The Balaban J connectivity index is 2.20. The quantitative estimate of drug-likeness (QED) is 0.880. The Labute approximate surface area is 135 Å². The highest BCUT2D eigenvalue weighted by molar-refractivity contribution is 6.31. The number of hydrogen-bond donors (Lipinski definition) is 2. The van der Waals surface area contributed by atoms with Crippen molar-refractivity contribution >= 4 is 23.5 Å². The van der Waals surface area contributed by atoms with Gasteiger partial charge in [-0.15, -0.1) is 0 Å². The van der Waals surface area contributed by atoms with E-state index in [4.69, 9.17) is 11.6 Å². The van der Waals surface area contributed by atoms with Crippen molar-refractivity contribution in [3.63, 3.8) is 0 Å². The molecule has 0 aliphatic rings. The summed E-state index contributed by atoms with van der Waals surface area (Å²) in [6, 6.07) is 8.34. The summed E-state index contributed by atoms with van der Waals surface area (Å²) in [5.74, 6) is -4.83. The van der Waals surface area contributed by atoms with Crippen molar-refractivity contribution in [1.29, 1.82) is 0 Å². The van der Waals surface area contributed by atoms with Gasteiger partial charge in [-0.2, -0.15) is 0 Å². The third-order valence-corrected chi connectivity index (χ3v) is 3.55. The van der Waals surface area contributed by atoms with E-state index in [2.05, 4.69) is 5.32 Å². The Bertz CT molecular complexity index is 752. The van der Waals surface area contributed by atoms with Gasteiger partial charge in [-0.25, -0.2) is 13.6 Å². The first-order valence-electron chi connectivity index (χ1n) is 6.61. The lowest BCUT2D eigenvalue weighted by Crippen LogP contribution is -2.42. The number of hydrogen-bond acceptors (Lipinski definition) is 2. The smallest absolute Gasteiger partial charge is 0.326 e. The van der Waals surface area contributed by atoms with E-state index >= 15 is 0 Å². The largest absolute Gasteiger partial charge is 0.480 e. The van der Waals surface area contributed by atoms with Gasteiger partial charge in [0.2, 0.25) is 0 Å². The number of rotatable bonds is 5. The number of halogens is 3. The highest BCUT2D eigenvalue weighted by Crippen LogP contribution is 2.17. The number of aliphatic carboxylic acids is 1. The van der Waals surface area contributed by atoms with E-state index in [1.54, 1.807) is 24.3 Å². The minimum absolute atomic E-state index is 0.0856. The zero-order chi connectivity index (χ0) is 17.0. The highest BCUT2D eigenvalue weighted by atomic mass is 35.5. The summed E-state index contributed by atoms with van der Waals surface area (Å²) in [5.41, 5.74) is -0.0445. The van der Waals surface area contributed by atoms with Crippen molar-refractivity contribution < 1.29 is 23.5 Å². The number of benzene rings is 2. The van der Waals surface area contributed by atoms with Crippen LogP contribution in [-0.4, -0.2) is 23.0 Å². The fraction of sp³-hybridized carbons (Fsp3) is 0.125. The van der Waals surface area contributed by atoms with Crippen molar-refractivity contribution in [2.45, 2.75) is 12.5 Å². The van der Waals surface area contributed by atoms with Crippen molar-refractivity contribution in [3.05, 3.63) is 70.2 Å². The molecular weight excluding hydrogens is 328 g/mol. The average Bonchev–Trinajstić information content (AvgIpc) is 2.51. The molecule has 0 heterocycles. The lowest BCUT2D eigenvalue weighted by atomic mass is 10.1. The normalized spacial score (nSPS) is 11.8. The molecule has 2 rings (SSSR count). The molecule has 7 heteroatoms. The van der Waals surface area contributed by atoms with Crippen LogP contribution in [0.2, 0.25) is 5.02 Å². The molecule has 2 aromatic rings. The number of amides is 1. The third kappa shape index (κ3) is 4.04. The number of nitrogens with one attached hydrogen (secondary N) is 1. The summed E-state index contributed by atoms with van der Waals surface area (Å²) >= 11 is 5.96. The first kappa shape index (κ1) is 16.9. The monoisotopic (exact) mass is 339 g/mol. The van der Waals surface area contributed by atoms with Crippen LogP contribution in [0.4, 0.5) is 8.78 Å². The summed E-state index contributed by atoms with van der Waals surface area (Å²) in [6.45, 7) is 0. The van der Waals surface area contributed by atoms with Gasteiger partial charge in [0, 0.05) is 11.4 Å². The number of carboxylic acid groups (broad SMARTS) is 1. The Morgan fingerprint density at radius 1 is 1.13 bits per heavy atom. The van der Waals surface area contributed by atoms with E-state index in [1.807, 2.05) is 0 Å². The Morgan fingerprint density at radius 2 is 1.83 bits per heavy atom. The zero-order valence-corrected chi connectivity index (χ0v) is 12.5. The molecule has 0 aliphatic carbocycles. The SMILES string of the molecule is O=C(N[C@H](Cc1ccccc1Cl)C(=O)O)c1cccc(F)c1F. The van der Waals surface area contributed by atoms with Crippen LogP contribution in [0, 0.1) is 11.6 Å². The second kappa shape index (κ2) is 7.19. The second-order valence-corrected chi connectivity index (χ2v) is 5.17. The first-order valence-corrected chi connectivity index (χ1v) is 6.99. The summed E-state index contributed by atoms with van der Waals surface area (Å²) in [7, 11) is 0. The van der Waals surface area contributed by atoms with Gasteiger partial charge in [-0.1, -0.05) is 35.9 Å². The van der Waals surface area contributed by atoms with Gasteiger partial charge in [0.25, 0.3) is 5.91 Å². The first-order chi connectivity index (χ1) is 10.9. The molecule has 2 N–H and O–H groups in total. The second-order valence-electron chi connectivity index (χ2n) is 4.76. The topological polar surface area (TPSA) is 66.4 Å². The van der Waals surface area contributed by atoms with E-state index in [0.29, 0.717) is 10.6 Å². The van der Waals surface area contributed by atoms with Crippen LogP contribution in [0.5, 0.6) is 0 Å². The Morgan fingerprint density at radius 3 is 2.48 bits per heavy atom. The molecule has 0 saturated heterocycles. The highest BCUT2D eigenvalue weighted by Gasteiger charge is 2.24. The maximum absolute atomic E-state index is 13.6. The number of carbonyl (C=O) groups is 2. The molecule has 23 heavy (non-hydrogen) atoms. The molecule has 2 aromatic carbocycles. The molecule has 0 radical (unpaired) electrons. The van der Waals surface area contributed by atoms with E-state index < -0.39 is 35.1 Å². The van der Waals surface area contributed by atoms with Gasteiger partial charge in [0.05, 0.1) is 5.56 Å². The Kier molecular flexibility index (Phi) is 5.28. The van der Waals surface area contributed by atoms with Gasteiger partial charge in [-0.05, 0) is 23.8 Å². The lowest BCUT2D eigenvalue weighted by molar-refractivity contribution is -0.139. The van der Waals surface area contributed by atoms with E-state index in [9.17, 15) is 23.5 Å². The van der Waals surface area contributed by atoms with Crippen LogP contribution in [0.25, 0.3) is 0 Å². The molecule has 1 amide bonds. The maximum atomic E-state index is 13.6. The van der Waals surface area contributed by atoms with Gasteiger partial charge in [0.1, 0.15) is 6.04 Å². The molecule has 4 nitrogen and oxygen atoms in total. The van der Waals surface area contributed by atoms with Crippen molar-refractivity contribution in [3.8, 4) is 0 Å². The van der Waals surface area contributed by atoms with Crippen LogP contribution < -0.4 is 5.32 Å². The number of carbonyl (C=O) groups excluding carboxylic acids is 1. The zero-order valence-electron chi connectivity index (χ0n) is 11.7. The third-order valence-electron chi connectivity index (χ3n) is 3.18. The standard InChI is InChI=1S/C16H12ClF2NO3/c17-11-6-2-1-4-9(11)8-13(16(22)23)20-15(21)10-5-3-7-12(18)14(10)19/h1-7,13H,8H2,(H,20,21)(H,22,23)/t13-/m1/s1. The molecule has 0 spiro atoms. The van der Waals surface area contributed by atoms with Crippen LogP contribution in [0.3, 0.4) is 0 Å².